The van der Waals surface area contributed by atoms with Crippen LogP contribution in [0, 0.1) is 0 Å². The van der Waals surface area contributed by atoms with Gasteiger partial charge in [-0.15, -0.1) is 0 Å². The molecule has 0 aromatic rings. The van der Waals surface area contributed by atoms with Crippen LogP contribution in [0.3, 0.4) is 0 Å². The monoisotopic (exact) mass is 914 g/mol. The summed E-state index contributed by atoms with van der Waals surface area (Å²) in [6.45, 7) is 4.26. The van der Waals surface area contributed by atoms with Gasteiger partial charge in [0.05, 0.1) is 27.7 Å². The number of carbonyl (C=O) groups excluding carboxylic acids is 2. The van der Waals surface area contributed by atoms with E-state index in [0.717, 1.165) is 51.4 Å². The third-order valence-electron chi connectivity index (χ3n) is 12.0. The number of allylic oxidation sites excluding steroid dienone is 2. The molecular weight excluding hydrogens is 810 g/mol. The summed E-state index contributed by atoms with van der Waals surface area (Å²) >= 11 is 0. The lowest BCUT2D eigenvalue weighted by Gasteiger charge is -2.28. The highest BCUT2D eigenvalue weighted by atomic mass is 31.2. The van der Waals surface area contributed by atoms with Crippen LogP contribution in [0.15, 0.2) is 12.2 Å². The third-order valence-corrected chi connectivity index (χ3v) is 13.0. The van der Waals surface area contributed by atoms with Crippen molar-refractivity contribution in [3.05, 3.63) is 12.2 Å². The lowest BCUT2D eigenvalue weighted by atomic mass is 10.0. The Bertz CT molecular complexity index is 1080. The molecule has 0 aromatic carbocycles. The predicted molar refractivity (Wildman–Crippen MR) is 264 cm³/mol. The van der Waals surface area contributed by atoms with Crippen LogP contribution in [0.4, 0.5) is 0 Å². The average molecular weight is 914 g/mol. The lowest BCUT2D eigenvalue weighted by molar-refractivity contribution is -0.870. The van der Waals surface area contributed by atoms with Crippen LogP contribution < -0.4 is 4.89 Å². The van der Waals surface area contributed by atoms with Crippen molar-refractivity contribution in [2.24, 2.45) is 0 Å². The number of unbranched alkanes of at least 4 members (excludes halogenated alkanes) is 34. The second kappa shape index (κ2) is 45.9. The summed E-state index contributed by atoms with van der Waals surface area (Å²) in [4.78, 5) is 37.7. The van der Waals surface area contributed by atoms with E-state index < -0.39 is 26.5 Å². The fourth-order valence-corrected chi connectivity index (χ4v) is 8.56. The number of carbonyl (C=O) groups is 2. The summed E-state index contributed by atoms with van der Waals surface area (Å²) in [5.74, 6) is -0.829. The van der Waals surface area contributed by atoms with Crippen molar-refractivity contribution in [3.63, 3.8) is 0 Å². The van der Waals surface area contributed by atoms with Gasteiger partial charge in [0, 0.05) is 12.8 Å². The number of hydrogen-bond donors (Lipinski definition) is 0. The minimum absolute atomic E-state index is 0.0290. The van der Waals surface area contributed by atoms with E-state index in [4.69, 9.17) is 18.5 Å². The van der Waals surface area contributed by atoms with E-state index in [1.54, 1.807) is 0 Å². The van der Waals surface area contributed by atoms with Crippen LogP contribution >= 0.6 is 7.82 Å². The second-order valence-electron chi connectivity index (χ2n) is 19.6. The maximum Gasteiger partial charge on any atom is 0.306 e. The minimum Gasteiger partial charge on any atom is -0.756 e. The molecule has 0 bridgehead atoms. The highest BCUT2D eigenvalue weighted by Crippen LogP contribution is 2.38. The van der Waals surface area contributed by atoms with Crippen LogP contribution in [0.1, 0.15) is 264 Å². The van der Waals surface area contributed by atoms with Gasteiger partial charge in [0.15, 0.2) is 6.10 Å². The highest BCUT2D eigenvalue weighted by Gasteiger charge is 2.21. The number of esters is 2. The van der Waals surface area contributed by atoms with Crippen molar-refractivity contribution in [3.8, 4) is 0 Å². The number of quaternary nitrogens is 1. The number of phosphoric ester groups is 1. The van der Waals surface area contributed by atoms with E-state index in [-0.39, 0.29) is 32.0 Å². The molecule has 0 saturated heterocycles. The molecule has 374 valence electrons. The van der Waals surface area contributed by atoms with E-state index >= 15 is 0 Å². The molecule has 0 heterocycles. The highest BCUT2D eigenvalue weighted by molar-refractivity contribution is 7.45. The van der Waals surface area contributed by atoms with Gasteiger partial charge in [-0.05, 0) is 38.5 Å². The molecule has 0 aliphatic rings. The van der Waals surface area contributed by atoms with Crippen molar-refractivity contribution in [1.82, 2.24) is 0 Å². The molecule has 0 rings (SSSR count). The van der Waals surface area contributed by atoms with Crippen molar-refractivity contribution < 1.29 is 42.1 Å². The number of nitrogens with zero attached hydrogens (tertiary/aromatic N) is 1. The van der Waals surface area contributed by atoms with Gasteiger partial charge in [0.1, 0.15) is 19.8 Å². The molecule has 0 aliphatic heterocycles. The molecule has 2 atom stereocenters. The Kier molecular flexibility index (Phi) is 45.0. The lowest BCUT2D eigenvalue weighted by Crippen LogP contribution is -2.37. The van der Waals surface area contributed by atoms with E-state index in [2.05, 4.69) is 26.0 Å². The number of ether oxygens (including phenoxy) is 2. The number of phosphoric acid groups is 1. The van der Waals surface area contributed by atoms with E-state index in [9.17, 15) is 19.0 Å². The van der Waals surface area contributed by atoms with Gasteiger partial charge in [0.25, 0.3) is 7.82 Å². The molecule has 0 aromatic heterocycles. The smallest absolute Gasteiger partial charge is 0.306 e. The average Bonchev–Trinajstić information content (AvgIpc) is 3.24. The zero-order valence-electron chi connectivity index (χ0n) is 42.3. The number of likely N-dealkylation sites (N-methyl/N-ethyl adjacent to an activating group) is 1. The molecule has 0 amide bonds. The molecule has 9 nitrogen and oxygen atoms in total. The fourth-order valence-electron chi connectivity index (χ4n) is 7.83. The van der Waals surface area contributed by atoms with Crippen molar-refractivity contribution >= 4 is 19.8 Å². The standard InChI is InChI=1S/C53H104NO8P/c1-6-8-10-12-14-16-18-20-22-23-24-25-26-27-28-29-30-31-32-34-35-37-39-41-43-45-52(55)59-49-51(50-61-63(57,58)60-48-47-54(3,4)5)62-53(56)46-44-42-40-38-36-33-21-19-17-15-13-11-9-7-2/h19,21,51H,6-18,20,22-50H2,1-5H3/b21-19-. The van der Waals surface area contributed by atoms with Crippen molar-refractivity contribution in [1.29, 1.82) is 0 Å². The zero-order valence-corrected chi connectivity index (χ0v) is 43.2. The van der Waals surface area contributed by atoms with Gasteiger partial charge in [-0.3, -0.25) is 14.2 Å². The van der Waals surface area contributed by atoms with Crippen LogP contribution in [0.2, 0.25) is 0 Å². The summed E-state index contributed by atoms with van der Waals surface area (Å²) in [6.07, 6.45) is 51.1. The van der Waals surface area contributed by atoms with Crippen LogP contribution in [-0.4, -0.2) is 70.0 Å². The van der Waals surface area contributed by atoms with Gasteiger partial charge in [0.2, 0.25) is 0 Å². The SMILES string of the molecule is CCCCCCC/C=C\CCCCCCCC(=O)OC(COC(=O)CCCCCCCCCCCCCCCCCCCCCCCCCCC)COP(=O)([O-])OCC[N+](C)(C)C. The number of hydrogen-bond acceptors (Lipinski definition) is 8. The normalized spacial score (nSPS) is 13.4. The molecule has 0 saturated carbocycles. The van der Waals surface area contributed by atoms with Crippen molar-refractivity contribution in [2.45, 2.75) is 270 Å². The molecule has 2 unspecified atom stereocenters. The van der Waals surface area contributed by atoms with Crippen LogP contribution in [0.25, 0.3) is 0 Å². The summed E-state index contributed by atoms with van der Waals surface area (Å²) in [5, 5.41) is 0. The topological polar surface area (TPSA) is 111 Å². The van der Waals surface area contributed by atoms with E-state index in [1.165, 1.54) is 180 Å². The Balaban J connectivity index is 4.10. The first-order valence-electron chi connectivity index (χ1n) is 26.9. The predicted octanol–water partition coefficient (Wildman–Crippen LogP) is 15.5. The second-order valence-corrected chi connectivity index (χ2v) is 21.0. The van der Waals surface area contributed by atoms with E-state index in [0.29, 0.717) is 17.4 Å². The Morgan fingerprint density at radius 2 is 0.810 bits per heavy atom. The largest absolute Gasteiger partial charge is 0.756 e. The summed E-state index contributed by atoms with van der Waals surface area (Å²) in [5.41, 5.74) is 0. The van der Waals surface area contributed by atoms with Crippen molar-refractivity contribution in [2.75, 3.05) is 47.5 Å². The Morgan fingerprint density at radius 3 is 1.17 bits per heavy atom. The van der Waals surface area contributed by atoms with Gasteiger partial charge in [-0.2, -0.15) is 0 Å². The molecule has 0 N–H and O–H groups in total. The van der Waals surface area contributed by atoms with Gasteiger partial charge in [-0.25, -0.2) is 0 Å². The molecule has 63 heavy (non-hydrogen) atoms. The number of rotatable bonds is 50. The zero-order chi connectivity index (χ0) is 46.4. The molecule has 0 aliphatic carbocycles. The Labute approximate surface area is 390 Å². The molecule has 0 fully saturated rings. The van der Waals surface area contributed by atoms with Crippen LogP contribution in [-0.2, 0) is 32.7 Å². The molecule has 10 heteroatoms. The molecule has 0 radical (unpaired) electrons. The summed E-state index contributed by atoms with van der Waals surface area (Å²) in [6, 6.07) is 0. The third kappa shape index (κ3) is 50.0. The maximum absolute atomic E-state index is 12.7. The molecule has 0 spiro atoms. The summed E-state index contributed by atoms with van der Waals surface area (Å²) < 4.78 is 34.0. The fraction of sp³-hybridized carbons (Fsp3) is 0.925. The quantitative estimate of drug-likeness (QED) is 0.0195. The minimum atomic E-state index is -4.63. The first kappa shape index (κ1) is 61.8. The Morgan fingerprint density at radius 1 is 0.476 bits per heavy atom. The summed E-state index contributed by atoms with van der Waals surface area (Å²) in [7, 11) is 1.17. The van der Waals surface area contributed by atoms with Crippen LogP contribution in [0.5, 0.6) is 0 Å². The molecular formula is C53H104NO8P. The van der Waals surface area contributed by atoms with E-state index in [1.807, 2.05) is 21.1 Å². The Hall–Kier alpha value is -1.25. The van der Waals surface area contributed by atoms with Gasteiger partial charge < -0.3 is 27.9 Å². The van der Waals surface area contributed by atoms with Gasteiger partial charge >= 0.3 is 11.9 Å². The maximum atomic E-state index is 12.7. The van der Waals surface area contributed by atoms with Gasteiger partial charge in [-0.1, -0.05) is 225 Å². The first-order valence-corrected chi connectivity index (χ1v) is 28.4. The first-order chi connectivity index (χ1) is 30.5.